The van der Waals surface area contributed by atoms with Crippen LogP contribution < -0.4 is 14.9 Å². The fraction of sp³-hybridized carbons (Fsp3) is 0.0800. The van der Waals surface area contributed by atoms with E-state index in [-0.39, 0.29) is 5.91 Å². The lowest BCUT2D eigenvalue weighted by Crippen LogP contribution is -2.18. The van der Waals surface area contributed by atoms with Crippen molar-refractivity contribution < 1.29 is 14.3 Å². The average Bonchev–Trinajstić information content (AvgIpc) is 3.35. The molecule has 0 aliphatic carbocycles. The van der Waals surface area contributed by atoms with Crippen molar-refractivity contribution in [3.05, 3.63) is 102 Å². The van der Waals surface area contributed by atoms with Gasteiger partial charge in [-0.2, -0.15) is 10.2 Å². The number of carbonyl (C=O) groups is 1. The third kappa shape index (κ3) is 5.20. The van der Waals surface area contributed by atoms with Crippen LogP contribution in [0.15, 0.2) is 90.0 Å². The summed E-state index contributed by atoms with van der Waals surface area (Å²) in [5.41, 5.74) is 6.25. The highest BCUT2D eigenvalue weighted by Crippen LogP contribution is 2.28. The number of benzene rings is 3. The number of carbonyl (C=O) groups excluding carboxylic acids is 1. The summed E-state index contributed by atoms with van der Waals surface area (Å²) in [6.45, 7) is 0.415. The van der Waals surface area contributed by atoms with Crippen molar-refractivity contribution in [3.63, 3.8) is 0 Å². The smallest absolute Gasteiger partial charge is 0.289 e. The molecule has 7 nitrogen and oxygen atoms in total. The highest BCUT2D eigenvalue weighted by atomic mass is 16.5. The van der Waals surface area contributed by atoms with Crippen molar-refractivity contribution >= 4 is 12.1 Å². The molecular weight excluding hydrogens is 404 g/mol. The first kappa shape index (κ1) is 20.9. The Kier molecular flexibility index (Phi) is 6.57. The van der Waals surface area contributed by atoms with E-state index in [1.807, 2.05) is 66.7 Å². The van der Waals surface area contributed by atoms with Crippen LogP contribution in [0, 0.1) is 0 Å². The summed E-state index contributed by atoms with van der Waals surface area (Å²) in [4.78, 5) is 12.4. The number of hydrazone groups is 1. The van der Waals surface area contributed by atoms with Gasteiger partial charge in [0.2, 0.25) is 0 Å². The first-order valence-electron chi connectivity index (χ1n) is 10.0. The standard InChI is InChI=1S/C25H22N4O3/c1-31-23-13-12-19(14-24(23)32-17-18-8-4-2-5-9-18)16-26-29-25(30)22-15-21(27-28-22)20-10-6-3-7-11-20/h2-16H,17H2,1H3,(H,27,28)(H,29,30). The van der Waals surface area contributed by atoms with Gasteiger partial charge in [0.1, 0.15) is 12.3 Å². The third-order valence-corrected chi connectivity index (χ3v) is 4.70. The van der Waals surface area contributed by atoms with Crippen molar-refractivity contribution in [2.24, 2.45) is 5.10 Å². The summed E-state index contributed by atoms with van der Waals surface area (Å²) in [5, 5.41) is 11.0. The van der Waals surface area contributed by atoms with Crippen molar-refractivity contribution in [3.8, 4) is 22.8 Å². The number of aromatic amines is 1. The SMILES string of the molecule is COc1ccc(C=NNC(=O)c2cc(-c3ccccc3)n[nH]2)cc1OCc1ccccc1. The van der Waals surface area contributed by atoms with Gasteiger partial charge in [0, 0.05) is 5.56 Å². The molecule has 0 spiro atoms. The fourth-order valence-corrected chi connectivity index (χ4v) is 3.04. The monoisotopic (exact) mass is 426 g/mol. The van der Waals surface area contributed by atoms with E-state index in [0.717, 1.165) is 16.7 Å². The van der Waals surface area contributed by atoms with Gasteiger partial charge in [-0.1, -0.05) is 60.7 Å². The summed E-state index contributed by atoms with van der Waals surface area (Å²) in [7, 11) is 1.59. The number of aromatic nitrogens is 2. The molecule has 4 aromatic rings. The third-order valence-electron chi connectivity index (χ3n) is 4.70. The van der Waals surface area contributed by atoms with Crippen molar-refractivity contribution in [1.29, 1.82) is 0 Å². The molecule has 0 unspecified atom stereocenters. The molecule has 1 amide bonds. The minimum Gasteiger partial charge on any atom is -0.493 e. The topological polar surface area (TPSA) is 88.6 Å². The molecule has 0 saturated carbocycles. The first-order chi connectivity index (χ1) is 15.7. The maximum absolute atomic E-state index is 12.4. The number of hydrogen-bond donors (Lipinski definition) is 2. The molecule has 0 saturated heterocycles. The molecule has 0 bridgehead atoms. The second-order valence-electron chi connectivity index (χ2n) is 6.92. The van der Waals surface area contributed by atoms with Gasteiger partial charge in [-0.15, -0.1) is 0 Å². The number of H-pyrrole nitrogens is 1. The minimum atomic E-state index is -0.384. The van der Waals surface area contributed by atoms with E-state index in [2.05, 4.69) is 20.7 Å². The molecule has 0 atom stereocenters. The summed E-state index contributed by atoms with van der Waals surface area (Å²) < 4.78 is 11.3. The largest absolute Gasteiger partial charge is 0.493 e. The van der Waals surface area contributed by atoms with Crippen LogP contribution in [0.5, 0.6) is 11.5 Å². The van der Waals surface area contributed by atoms with E-state index < -0.39 is 0 Å². The summed E-state index contributed by atoms with van der Waals surface area (Å²) in [6, 6.07) is 26.6. The van der Waals surface area contributed by atoms with Crippen LogP contribution >= 0.6 is 0 Å². The molecule has 32 heavy (non-hydrogen) atoms. The van der Waals surface area contributed by atoms with Gasteiger partial charge >= 0.3 is 0 Å². The molecule has 4 rings (SSSR count). The molecule has 0 fully saturated rings. The van der Waals surface area contributed by atoms with Crippen molar-refractivity contribution in [1.82, 2.24) is 15.6 Å². The second kappa shape index (κ2) is 10.1. The Balaban J connectivity index is 1.39. The van der Waals surface area contributed by atoms with Gasteiger partial charge in [0.05, 0.1) is 19.0 Å². The van der Waals surface area contributed by atoms with Gasteiger partial charge < -0.3 is 9.47 Å². The molecule has 0 aliphatic rings. The molecule has 2 N–H and O–H groups in total. The number of nitrogens with zero attached hydrogens (tertiary/aromatic N) is 2. The molecule has 1 aromatic heterocycles. The molecular formula is C25H22N4O3. The van der Waals surface area contributed by atoms with Crippen LogP contribution in [0.1, 0.15) is 21.6 Å². The van der Waals surface area contributed by atoms with Gasteiger partial charge in [0.15, 0.2) is 11.5 Å². The molecule has 160 valence electrons. The zero-order valence-electron chi connectivity index (χ0n) is 17.5. The average molecular weight is 426 g/mol. The Hall–Kier alpha value is -4.39. The van der Waals surface area contributed by atoms with Crippen LogP contribution in [0.4, 0.5) is 0 Å². The van der Waals surface area contributed by atoms with E-state index >= 15 is 0 Å². The molecule has 0 radical (unpaired) electrons. The molecule has 1 heterocycles. The highest BCUT2D eigenvalue weighted by Gasteiger charge is 2.10. The lowest BCUT2D eigenvalue weighted by molar-refractivity contribution is 0.0950. The van der Waals surface area contributed by atoms with Crippen LogP contribution in [0.3, 0.4) is 0 Å². The maximum atomic E-state index is 12.4. The molecule has 7 heteroatoms. The number of amides is 1. The minimum absolute atomic E-state index is 0.322. The van der Waals surface area contributed by atoms with Crippen molar-refractivity contribution in [2.45, 2.75) is 6.61 Å². The number of methoxy groups -OCH3 is 1. The van der Waals surface area contributed by atoms with E-state index in [1.165, 1.54) is 0 Å². The Morgan fingerprint density at radius 3 is 2.50 bits per heavy atom. The predicted molar refractivity (Wildman–Crippen MR) is 123 cm³/mol. The van der Waals surface area contributed by atoms with E-state index in [1.54, 1.807) is 31.5 Å². The number of hydrogen-bond acceptors (Lipinski definition) is 5. The molecule has 3 aromatic carbocycles. The van der Waals surface area contributed by atoms with Gasteiger partial charge in [-0.3, -0.25) is 9.89 Å². The predicted octanol–water partition coefficient (Wildman–Crippen LogP) is 4.43. The first-order valence-corrected chi connectivity index (χ1v) is 10.0. The Morgan fingerprint density at radius 2 is 1.75 bits per heavy atom. The highest BCUT2D eigenvalue weighted by molar-refractivity contribution is 5.94. The maximum Gasteiger partial charge on any atom is 0.289 e. The Morgan fingerprint density at radius 1 is 1.00 bits per heavy atom. The zero-order chi connectivity index (χ0) is 22.2. The second-order valence-corrected chi connectivity index (χ2v) is 6.92. The quantitative estimate of drug-likeness (QED) is 0.322. The van der Waals surface area contributed by atoms with Crippen LogP contribution in [0.2, 0.25) is 0 Å². The van der Waals surface area contributed by atoms with Gasteiger partial charge in [-0.25, -0.2) is 5.43 Å². The lowest BCUT2D eigenvalue weighted by atomic mass is 10.1. The van der Waals surface area contributed by atoms with Crippen LogP contribution in [0.25, 0.3) is 11.3 Å². The van der Waals surface area contributed by atoms with E-state index in [4.69, 9.17) is 9.47 Å². The Bertz CT molecular complexity index is 1200. The van der Waals surface area contributed by atoms with Crippen molar-refractivity contribution in [2.75, 3.05) is 7.11 Å². The summed E-state index contributed by atoms with van der Waals surface area (Å²) in [5.74, 6) is 0.825. The number of rotatable bonds is 8. The van der Waals surface area contributed by atoms with E-state index in [0.29, 0.717) is 29.5 Å². The van der Waals surface area contributed by atoms with Crippen LogP contribution in [-0.4, -0.2) is 29.4 Å². The normalized spacial score (nSPS) is 10.8. The lowest BCUT2D eigenvalue weighted by Gasteiger charge is -2.11. The number of ether oxygens (including phenoxy) is 2. The van der Waals surface area contributed by atoms with E-state index in [9.17, 15) is 4.79 Å². The number of nitrogens with one attached hydrogen (secondary N) is 2. The van der Waals surface area contributed by atoms with Gasteiger partial charge in [0.25, 0.3) is 5.91 Å². The summed E-state index contributed by atoms with van der Waals surface area (Å²) in [6.07, 6.45) is 1.54. The van der Waals surface area contributed by atoms with Gasteiger partial charge in [-0.05, 0) is 35.4 Å². The fourth-order valence-electron chi connectivity index (χ4n) is 3.04. The molecule has 0 aliphatic heterocycles. The summed E-state index contributed by atoms with van der Waals surface area (Å²) >= 11 is 0. The Labute approximate surface area is 185 Å². The zero-order valence-corrected chi connectivity index (χ0v) is 17.5. The van der Waals surface area contributed by atoms with Crippen LogP contribution in [-0.2, 0) is 6.61 Å².